The van der Waals surface area contributed by atoms with E-state index < -0.39 is 19.6 Å². The minimum atomic E-state index is -4.36. The highest BCUT2D eigenvalue weighted by atomic mass is 19.4. The summed E-state index contributed by atoms with van der Waals surface area (Å²) in [6.45, 7) is -1.87. The molecule has 0 atom stereocenters. The largest absolute Gasteiger partial charge is 0.508 e. The minimum Gasteiger partial charge on any atom is -0.508 e. The lowest BCUT2D eigenvalue weighted by molar-refractivity contribution is -0.186. The summed E-state index contributed by atoms with van der Waals surface area (Å²) in [5, 5.41) is 9.00. The van der Waals surface area contributed by atoms with Crippen molar-refractivity contribution >= 4 is 0 Å². The lowest BCUT2D eigenvalue weighted by Gasteiger charge is -2.09. The summed E-state index contributed by atoms with van der Waals surface area (Å²) in [6.07, 6.45) is -4.36. The van der Waals surface area contributed by atoms with Gasteiger partial charge in [0.15, 0.2) is 6.79 Å². The van der Waals surface area contributed by atoms with Gasteiger partial charge in [0.25, 0.3) is 0 Å². The maximum Gasteiger partial charge on any atom is 0.411 e. The predicted molar refractivity (Wildman–Crippen MR) is 45.6 cm³/mol. The third-order valence-electron chi connectivity index (χ3n) is 1.39. The molecule has 0 unspecified atom stereocenters. The second-order valence-corrected chi connectivity index (χ2v) is 2.72. The van der Waals surface area contributed by atoms with Crippen LogP contribution in [-0.4, -0.2) is 24.7 Å². The number of hydrogen-bond acceptors (Lipinski definition) is 3. The average Bonchev–Trinajstić information content (AvgIpc) is 2.11. The zero-order chi connectivity index (χ0) is 11.3. The Balaban J connectivity index is 2.26. The summed E-state index contributed by atoms with van der Waals surface area (Å²) in [6, 6.07) is 5.70. The first-order valence-corrected chi connectivity index (χ1v) is 4.04. The molecule has 6 heteroatoms. The highest BCUT2D eigenvalue weighted by Gasteiger charge is 2.27. The van der Waals surface area contributed by atoms with Crippen LogP contribution >= 0.6 is 0 Å². The molecule has 1 aromatic carbocycles. The van der Waals surface area contributed by atoms with Gasteiger partial charge in [-0.1, -0.05) is 6.07 Å². The van der Waals surface area contributed by atoms with E-state index in [2.05, 4.69) is 4.74 Å². The summed E-state index contributed by atoms with van der Waals surface area (Å²) in [5.41, 5.74) is 0. The van der Waals surface area contributed by atoms with Gasteiger partial charge in [0.05, 0.1) is 0 Å². The predicted octanol–water partition coefficient (Wildman–Crippen LogP) is 2.31. The number of halogens is 3. The lowest BCUT2D eigenvalue weighted by Crippen LogP contribution is -2.19. The van der Waals surface area contributed by atoms with Gasteiger partial charge in [-0.05, 0) is 12.1 Å². The second kappa shape index (κ2) is 4.88. The normalized spacial score (nSPS) is 11.4. The monoisotopic (exact) mass is 222 g/mol. The molecule has 0 heterocycles. The van der Waals surface area contributed by atoms with Crippen molar-refractivity contribution in [2.45, 2.75) is 6.18 Å². The van der Waals surface area contributed by atoms with E-state index in [4.69, 9.17) is 9.84 Å². The first kappa shape index (κ1) is 11.6. The van der Waals surface area contributed by atoms with Gasteiger partial charge < -0.3 is 14.6 Å². The number of aromatic hydroxyl groups is 1. The summed E-state index contributed by atoms with van der Waals surface area (Å²) in [7, 11) is 0. The van der Waals surface area contributed by atoms with Crippen LogP contribution in [0.4, 0.5) is 13.2 Å². The Labute approximate surface area is 84.0 Å². The van der Waals surface area contributed by atoms with Gasteiger partial charge in [0.1, 0.15) is 18.1 Å². The van der Waals surface area contributed by atoms with Crippen molar-refractivity contribution in [3.8, 4) is 11.5 Å². The molecule has 0 bridgehead atoms. The van der Waals surface area contributed by atoms with Crippen molar-refractivity contribution in [3.05, 3.63) is 24.3 Å². The van der Waals surface area contributed by atoms with Crippen molar-refractivity contribution in [1.29, 1.82) is 0 Å². The molecule has 0 spiro atoms. The smallest absolute Gasteiger partial charge is 0.411 e. The van der Waals surface area contributed by atoms with E-state index in [1.165, 1.54) is 24.3 Å². The number of hydrogen-bond donors (Lipinski definition) is 1. The van der Waals surface area contributed by atoms with Crippen LogP contribution in [0.3, 0.4) is 0 Å². The summed E-state index contributed by atoms with van der Waals surface area (Å²) in [5.74, 6) is 0.223. The van der Waals surface area contributed by atoms with E-state index >= 15 is 0 Å². The number of phenols is 1. The standard InChI is InChI=1S/C9H9F3O3/c10-9(11,12)5-14-6-15-8-3-1-2-7(13)4-8/h1-4,13H,5-6H2. The molecule has 0 saturated carbocycles. The van der Waals surface area contributed by atoms with Crippen molar-refractivity contribution < 1.29 is 27.8 Å². The van der Waals surface area contributed by atoms with E-state index in [0.717, 1.165) is 0 Å². The molecule has 0 radical (unpaired) electrons. The molecule has 84 valence electrons. The highest BCUT2D eigenvalue weighted by molar-refractivity contribution is 5.31. The summed E-state index contributed by atoms with van der Waals surface area (Å²) in [4.78, 5) is 0. The lowest BCUT2D eigenvalue weighted by atomic mass is 10.3. The molecule has 1 N–H and O–H groups in total. The molecular weight excluding hydrogens is 213 g/mol. The fourth-order valence-electron chi connectivity index (χ4n) is 0.840. The molecule has 0 aliphatic rings. The summed E-state index contributed by atoms with van der Waals surface area (Å²) >= 11 is 0. The maximum atomic E-state index is 11.6. The molecule has 0 aliphatic heterocycles. The first-order chi connectivity index (χ1) is 6.97. The molecule has 0 saturated heterocycles. The van der Waals surface area contributed by atoms with Crippen molar-refractivity contribution in [1.82, 2.24) is 0 Å². The van der Waals surface area contributed by atoms with Crippen molar-refractivity contribution in [2.75, 3.05) is 13.4 Å². The van der Waals surface area contributed by atoms with Gasteiger partial charge in [-0.15, -0.1) is 0 Å². The highest BCUT2D eigenvalue weighted by Crippen LogP contribution is 2.18. The zero-order valence-corrected chi connectivity index (χ0v) is 7.62. The first-order valence-electron chi connectivity index (χ1n) is 4.04. The number of benzene rings is 1. The van der Waals surface area contributed by atoms with Crippen molar-refractivity contribution in [3.63, 3.8) is 0 Å². The molecule has 1 aromatic rings. The topological polar surface area (TPSA) is 38.7 Å². The Kier molecular flexibility index (Phi) is 3.79. The number of phenolic OH excluding ortho intramolecular Hbond substituents is 1. The second-order valence-electron chi connectivity index (χ2n) is 2.72. The third kappa shape index (κ3) is 5.11. The molecular formula is C9H9F3O3. The van der Waals surface area contributed by atoms with Gasteiger partial charge in [0, 0.05) is 6.07 Å². The SMILES string of the molecule is Oc1cccc(OCOCC(F)(F)F)c1. The maximum absolute atomic E-state index is 11.6. The molecule has 0 aliphatic carbocycles. The molecule has 1 rings (SSSR count). The Morgan fingerprint density at radius 1 is 1.27 bits per heavy atom. The van der Waals surface area contributed by atoms with Crippen LogP contribution < -0.4 is 4.74 Å². The Morgan fingerprint density at radius 3 is 2.60 bits per heavy atom. The molecule has 15 heavy (non-hydrogen) atoms. The van der Waals surface area contributed by atoms with Crippen LogP contribution in [0, 0.1) is 0 Å². The van der Waals surface area contributed by atoms with E-state index in [-0.39, 0.29) is 11.5 Å². The Bertz CT molecular complexity index is 312. The minimum absolute atomic E-state index is 0.0247. The van der Waals surface area contributed by atoms with Crippen LogP contribution in [0.5, 0.6) is 11.5 Å². The molecule has 0 fully saturated rings. The average molecular weight is 222 g/mol. The number of alkyl halides is 3. The van der Waals surface area contributed by atoms with Gasteiger partial charge in [-0.25, -0.2) is 0 Å². The van der Waals surface area contributed by atoms with E-state index in [9.17, 15) is 13.2 Å². The van der Waals surface area contributed by atoms with E-state index in [0.29, 0.717) is 0 Å². The van der Waals surface area contributed by atoms with Crippen LogP contribution in [0.2, 0.25) is 0 Å². The third-order valence-corrected chi connectivity index (χ3v) is 1.39. The van der Waals surface area contributed by atoms with Crippen LogP contribution in [0.1, 0.15) is 0 Å². The number of rotatable bonds is 4. The van der Waals surface area contributed by atoms with Gasteiger partial charge in [-0.2, -0.15) is 13.2 Å². The molecule has 0 amide bonds. The molecule has 0 aromatic heterocycles. The van der Waals surface area contributed by atoms with Crippen LogP contribution in [0.15, 0.2) is 24.3 Å². The Hall–Kier alpha value is -1.43. The zero-order valence-electron chi connectivity index (χ0n) is 7.62. The van der Waals surface area contributed by atoms with Gasteiger partial charge >= 0.3 is 6.18 Å². The van der Waals surface area contributed by atoms with Gasteiger partial charge in [0.2, 0.25) is 0 Å². The fraction of sp³-hybridized carbons (Fsp3) is 0.333. The molecule has 3 nitrogen and oxygen atoms in total. The van der Waals surface area contributed by atoms with Crippen LogP contribution in [0.25, 0.3) is 0 Å². The quantitative estimate of drug-likeness (QED) is 0.627. The number of ether oxygens (including phenoxy) is 2. The van der Waals surface area contributed by atoms with E-state index in [1.807, 2.05) is 0 Å². The van der Waals surface area contributed by atoms with Crippen LogP contribution in [-0.2, 0) is 4.74 Å². The van der Waals surface area contributed by atoms with Crippen molar-refractivity contribution in [2.24, 2.45) is 0 Å². The fourth-order valence-corrected chi connectivity index (χ4v) is 0.840. The van der Waals surface area contributed by atoms with Gasteiger partial charge in [-0.3, -0.25) is 0 Å². The van der Waals surface area contributed by atoms with E-state index in [1.54, 1.807) is 0 Å². The Morgan fingerprint density at radius 2 is 2.00 bits per heavy atom. The summed E-state index contributed by atoms with van der Waals surface area (Å²) < 4.78 is 43.9.